The molecule has 0 unspecified atom stereocenters. The molecule has 4 rings (SSSR count). The molecule has 4 aromatic rings. The van der Waals surface area contributed by atoms with Gasteiger partial charge in [0.15, 0.2) is 7.14 Å². The van der Waals surface area contributed by atoms with E-state index < -0.39 is 19.0 Å². The standard InChI is InChI=1S/C30H27N2O3P/c1-32(2)30(34)27(31-29(33)24-17-9-4-10-18-24)28(23-15-7-3-8-16-23)36(35,25-19-11-5-12-20-25)26-21-13-6-14-22-26/h3-22H,1-2H3,(H,31,33)/b28-27-. The van der Waals surface area contributed by atoms with Crippen molar-refractivity contribution in [1.82, 2.24) is 10.2 Å². The van der Waals surface area contributed by atoms with Gasteiger partial charge in [0.25, 0.3) is 11.8 Å². The Morgan fingerprint density at radius 3 is 1.42 bits per heavy atom. The van der Waals surface area contributed by atoms with Gasteiger partial charge in [0.2, 0.25) is 0 Å². The van der Waals surface area contributed by atoms with Gasteiger partial charge in [-0.25, -0.2) is 0 Å². The van der Waals surface area contributed by atoms with Crippen LogP contribution in [0, 0.1) is 0 Å². The highest BCUT2D eigenvalue weighted by molar-refractivity contribution is 7.87. The second-order valence-corrected chi connectivity index (χ2v) is 11.1. The molecule has 2 amide bonds. The highest BCUT2D eigenvalue weighted by Gasteiger charge is 2.38. The number of carbonyl (C=O) groups is 2. The number of carbonyl (C=O) groups excluding carboxylic acids is 2. The molecule has 0 saturated heterocycles. The van der Waals surface area contributed by atoms with E-state index in [0.29, 0.717) is 21.7 Å². The maximum Gasteiger partial charge on any atom is 0.270 e. The fourth-order valence-corrected chi connectivity index (χ4v) is 6.95. The number of rotatable bonds is 7. The van der Waals surface area contributed by atoms with Crippen molar-refractivity contribution < 1.29 is 14.2 Å². The quantitative estimate of drug-likeness (QED) is 0.294. The Balaban J connectivity index is 2.09. The molecule has 0 aliphatic carbocycles. The fourth-order valence-electron chi connectivity index (χ4n) is 3.98. The summed E-state index contributed by atoms with van der Waals surface area (Å²) in [4.78, 5) is 28.4. The van der Waals surface area contributed by atoms with E-state index in [9.17, 15) is 9.59 Å². The van der Waals surface area contributed by atoms with Crippen molar-refractivity contribution in [2.75, 3.05) is 14.1 Å². The van der Waals surface area contributed by atoms with Gasteiger partial charge in [-0.3, -0.25) is 9.59 Å². The van der Waals surface area contributed by atoms with Crippen LogP contribution in [0.1, 0.15) is 15.9 Å². The van der Waals surface area contributed by atoms with E-state index in [4.69, 9.17) is 0 Å². The third-order valence-corrected chi connectivity index (χ3v) is 8.90. The first-order chi connectivity index (χ1) is 17.4. The molecule has 0 atom stereocenters. The zero-order valence-corrected chi connectivity index (χ0v) is 21.1. The lowest BCUT2D eigenvalue weighted by Crippen LogP contribution is -2.36. The van der Waals surface area contributed by atoms with Crippen LogP contribution >= 0.6 is 7.14 Å². The lowest BCUT2D eigenvalue weighted by molar-refractivity contribution is -0.125. The minimum absolute atomic E-state index is 0.0175. The maximum absolute atomic E-state index is 15.4. The summed E-state index contributed by atoms with van der Waals surface area (Å²) < 4.78 is 15.4. The first kappa shape index (κ1) is 24.9. The van der Waals surface area contributed by atoms with Crippen molar-refractivity contribution in [1.29, 1.82) is 0 Å². The van der Waals surface area contributed by atoms with Crippen LogP contribution in [0.2, 0.25) is 0 Å². The molecule has 36 heavy (non-hydrogen) atoms. The summed E-state index contributed by atoms with van der Waals surface area (Å²) in [7, 11) is -0.423. The third kappa shape index (κ3) is 5.07. The Morgan fingerprint density at radius 1 is 0.611 bits per heavy atom. The molecule has 5 nitrogen and oxygen atoms in total. The molecule has 180 valence electrons. The van der Waals surface area contributed by atoms with E-state index in [1.165, 1.54) is 4.90 Å². The molecule has 0 saturated carbocycles. The molecule has 0 spiro atoms. The number of amides is 2. The predicted molar refractivity (Wildman–Crippen MR) is 146 cm³/mol. The van der Waals surface area contributed by atoms with E-state index in [2.05, 4.69) is 5.32 Å². The minimum Gasteiger partial charge on any atom is -0.343 e. The Morgan fingerprint density at radius 2 is 1.00 bits per heavy atom. The molecule has 1 N–H and O–H groups in total. The molecule has 0 aliphatic heterocycles. The van der Waals surface area contributed by atoms with Gasteiger partial charge in [-0.05, 0) is 17.7 Å². The Kier molecular flexibility index (Phi) is 7.62. The summed E-state index contributed by atoms with van der Waals surface area (Å²) in [5.41, 5.74) is 0.964. The summed E-state index contributed by atoms with van der Waals surface area (Å²) in [5.74, 6) is -0.910. The largest absolute Gasteiger partial charge is 0.343 e. The molecular formula is C30H27N2O3P. The van der Waals surface area contributed by atoms with Crippen molar-refractivity contribution in [3.05, 3.63) is 138 Å². The summed E-state index contributed by atoms with van der Waals surface area (Å²) in [6.45, 7) is 0. The number of likely N-dealkylation sites (N-methyl/N-ethyl adjacent to an activating group) is 1. The van der Waals surface area contributed by atoms with Gasteiger partial charge in [0.1, 0.15) is 5.70 Å². The summed E-state index contributed by atoms with van der Waals surface area (Å²) in [6, 6.07) is 36.0. The molecule has 0 heterocycles. The van der Waals surface area contributed by atoms with Gasteiger partial charge in [-0.15, -0.1) is 0 Å². The zero-order valence-electron chi connectivity index (χ0n) is 20.2. The molecular weight excluding hydrogens is 467 g/mol. The van der Waals surface area contributed by atoms with Gasteiger partial charge in [-0.1, -0.05) is 109 Å². The fraction of sp³-hybridized carbons (Fsp3) is 0.0667. The van der Waals surface area contributed by atoms with Crippen molar-refractivity contribution in [3.63, 3.8) is 0 Å². The summed E-state index contributed by atoms with van der Waals surface area (Å²) in [6.07, 6.45) is 0. The molecule has 6 heteroatoms. The van der Waals surface area contributed by atoms with Crippen LogP contribution in [0.25, 0.3) is 5.31 Å². The number of nitrogens with zero attached hydrogens (tertiary/aromatic N) is 1. The average Bonchev–Trinajstić information content (AvgIpc) is 2.94. The Labute approximate surface area is 211 Å². The number of hydrogen-bond donors (Lipinski definition) is 1. The van der Waals surface area contributed by atoms with Crippen LogP contribution in [0.5, 0.6) is 0 Å². The molecule has 0 bridgehead atoms. The summed E-state index contributed by atoms with van der Waals surface area (Å²) in [5, 5.41) is 4.24. The maximum atomic E-state index is 15.4. The van der Waals surface area contributed by atoms with Crippen molar-refractivity contribution in [2.45, 2.75) is 0 Å². The van der Waals surface area contributed by atoms with E-state index in [-0.39, 0.29) is 11.0 Å². The van der Waals surface area contributed by atoms with Gasteiger partial charge >= 0.3 is 0 Å². The first-order valence-corrected chi connectivity index (χ1v) is 13.2. The van der Waals surface area contributed by atoms with Crippen molar-refractivity contribution >= 4 is 34.9 Å². The van der Waals surface area contributed by atoms with Crippen molar-refractivity contribution in [3.8, 4) is 0 Å². The highest BCUT2D eigenvalue weighted by Crippen LogP contribution is 2.57. The first-order valence-electron chi connectivity index (χ1n) is 11.5. The normalized spacial score (nSPS) is 11.8. The van der Waals surface area contributed by atoms with E-state index in [1.54, 1.807) is 62.6 Å². The lowest BCUT2D eigenvalue weighted by Gasteiger charge is -2.27. The number of benzene rings is 4. The van der Waals surface area contributed by atoms with E-state index in [1.807, 2.05) is 72.8 Å². The second-order valence-electron chi connectivity index (χ2n) is 8.39. The van der Waals surface area contributed by atoms with Crippen LogP contribution in [0.15, 0.2) is 127 Å². The van der Waals surface area contributed by atoms with Crippen LogP contribution in [-0.4, -0.2) is 30.8 Å². The number of nitrogens with one attached hydrogen (secondary N) is 1. The van der Waals surface area contributed by atoms with E-state index >= 15 is 4.57 Å². The molecule has 4 aromatic carbocycles. The average molecular weight is 495 g/mol. The minimum atomic E-state index is -3.64. The second kappa shape index (κ2) is 11.0. The molecule has 0 fully saturated rings. The van der Waals surface area contributed by atoms with Gasteiger partial charge in [-0.2, -0.15) is 0 Å². The highest BCUT2D eigenvalue weighted by atomic mass is 31.2. The Bertz CT molecular complexity index is 1380. The smallest absolute Gasteiger partial charge is 0.270 e. The SMILES string of the molecule is CN(C)C(=O)/C(NC(=O)c1ccccc1)=C(\c1ccccc1)P(=O)(c1ccccc1)c1ccccc1. The van der Waals surface area contributed by atoms with Crippen LogP contribution < -0.4 is 15.9 Å². The van der Waals surface area contributed by atoms with E-state index in [0.717, 1.165) is 0 Å². The molecule has 0 aromatic heterocycles. The predicted octanol–water partition coefficient (Wildman–Crippen LogP) is 4.89. The molecule has 0 radical (unpaired) electrons. The van der Waals surface area contributed by atoms with Gasteiger partial charge < -0.3 is 14.8 Å². The van der Waals surface area contributed by atoms with Crippen LogP contribution in [-0.2, 0) is 9.36 Å². The van der Waals surface area contributed by atoms with Crippen LogP contribution in [0.3, 0.4) is 0 Å². The Hall–Kier alpha value is -4.21. The van der Waals surface area contributed by atoms with Crippen molar-refractivity contribution in [2.24, 2.45) is 0 Å². The van der Waals surface area contributed by atoms with Gasteiger partial charge in [0, 0.05) is 30.3 Å². The monoisotopic (exact) mass is 494 g/mol. The van der Waals surface area contributed by atoms with Gasteiger partial charge in [0.05, 0.1) is 5.31 Å². The topological polar surface area (TPSA) is 66.5 Å². The number of hydrogen-bond acceptors (Lipinski definition) is 3. The zero-order chi connectivity index (χ0) is 25.5. The summed E-state index contributed by atoms with van der Waals surface area (Å²) >= 11 is 0. The lowest BCUT2D eigenvalue weighted by atomic mass is 10.1. The van der Waals surface area contributed by atoms with Crippen LogP contribution in [0.4, 0.5) is 0 Å². The third-order valence-electron chi connectivity index (χ3n) is 5.73. The molecule has 0 aliphatic rings.